The zero-order valence-corrected chi connectivity index (χ0v) is 5.73. The third kappa shape index (κ3) is 0.663. The van der Waals surface area contributed by atoms with E-state index in [4.69, 9.17) is 11.6 Å². The molecule has 0 saturated carbocycles. The summed E-state index contributed by atoms with van der Waals surface area (Å²) in [5.41, 5.74) is 1.21. The van der Waals surface area contributed by atoms with E-state index >= 15 is 0 Å². The molecule has 2 nitrogen and oxygen atoms in total. The van der Waals surface area contributed by atoms with Crippen LogP contribution < -0.4 is 0 Å². The molecular weight excluding hydrogens is 136 g/mol. The van der Waals surface area contributed by atoms with Crippen molar-refractivity contribution in [3.8, 4) is 0 Å². The molecule has 0 saturated heterocycles. The number of rotatable bonds is 0. The van der Waals surface area contributed by atoms with Crippen molar-refractivity contribution in [3.63, 3.8) is 0 Å². The molecule has 3 heteroatoms. The lowest BCUT2D eigenvalue weighted by atomic mass is 10.3. The summed E-state index contributed by atoms with van der Waals surface area (Å²) < 4.78 is 1.97. The smallest absolute Gasteiger partial charge is 0.0817 e. The van der Waals surface area contributed by atoms with Crippen molar-refractivity contribution in [1.29, 1.82) is 0 Å². The quantitative estimate of drug-likeness (QED) is 0.537. The van der Waals surface area contributed by atoms with Crippen molar-refractivity contribution in [1.82, 2.24) is 9.78 Å². The average Bonchev–Trinajstić information content (AvgIpc) is 2.35. The minimum Gasteiger partial charge on any atom is -0.268 e. The molecule has 2 heterocycles. The highest BCUT2D eigenvalue weighted by Crippen LogP contribution is 2.21. The molecule has 0 radical (unpaired) electrons. The van der Waals surface area contributed by atoms with Gasteiger partial charge in [0.1, 0.15) is 0 Å². The summed E-state index contributed by atoms with van der Waals surface area (Å²) in [5.74, 6) is 0. The predicted molar refractivity (Wildman–Crippen MR) is 35.6 cm³/mol. The highest BCUT2D eigenvalue weighted by Gasteiger charge is 2.13. The zero-order chi connectivity index (χ0) is 6.27. The van der Waals surface area contributed by atoms with Crippen LogP contribution in [-0.4, -0.2) is 9.78 Å². The van der Waals surface area contributed by atoms with Gasteiger partial charge in [0.15, 0.2) is 0 Å². The first-order valence-electron chi connectivity index (χ1n) is 3.08. The van der Waals surface area contributed by atoms with Gasteiger partial charge in [-0.2, -0.15) is 5.10 Å². The number of hydrogen-bond acceptors (Lipinski definition) is 1. The maximum absolute atomic E-state index is 5.80. The van der Waals surface area contributed by atoms with Gasteiger partial charge in [-0.1, -0.05) is 11.6 Å². The topological polar surface area (TPSA) is 17.8 Å². The number of aromatic nitrogens is 2. The summed E-state index contributed by atoms with van der Waals surface area (Å²) in [7, 11) is 0. The Kier molecular flexibility index (Phi) is 1.02. The summed E-state index contributed by atoms with van der Waals surface area (Å²) >= 11 is 5.80. The molecule has 0 fully saturated rings. The van der Waals surface area contributed by atoms with Gasteiger partial charge in [0.25, 0.3) is 0 Å². The minimum atomic E-state index is 0.826. The molecule has 1 aliphatic rings. The molecule has 1 aliphatic heterocycles. The number of fused-ring (bicyclic) bond motifs is 1. The standard InChI is InChI=1S/C6H7ClN2/c7-5-4-8-9-3-1-2-6(5)9/h4H,1-3H2. The van der Waals surface area contributed by atoms with E-state index in [-0.39, 0.29) is 0 Å². The number of hydrogen-bond donors (Lipinski definition) is 0. The number of halogens is 1. The van der Waals surface area contributed by atoms with E-state index in [0.29, 0.717) is 0 Å². The zero-order valence-electron chi connectivity index (χ0n) is 4.97. The van der Waals surface area contributed by atoms with Crippen LogP contribution in [0.2, 0.25) is 5.02 Å². The summed E-state index contributed by atoms with van der Waals surface area (Å²) in [6.45, 7) is 1.04. The second kappa shape index (κ2) is 1.74. The van der Waals surface area contributed by atoms with Crippen LogP contribution in [0.4, 0.5) is 0 Å². The summed E-state index contributed by atoms with van der Waals surface area (Å²) in [5, 5.41) is 4.91. The lowest BCUT2D eigenvalue weighted by molar-refractivity contribution is 0.656. The molecule has 0 spiro atoms. The maximum atomic E-state index is 5.80. The van der Waals surface area contributed by atoms with Gasteiger partial charge in [-0.25, -0.2) is 0 Å². The van der Waals surface area contributed by atoms with Gasteiger partial charge in [-0.3, -0.25) is 4.68 Å². The van der Waals surface area contributed by atoms with Crippen LogP contribution >= 0.6 is 11.6 Å². The molecule has 0 unspecified atom stereocenters. The molecule has 0 aliphatic carbocycles. The fourth-order valence-electron chi connectivity index (χ4n) is 1.23. The summed E-state index contributed by atoms with van der Waals surface area (Å²) in [4.78, 5) is 0. The third-order valence-corrected chi connectivity index (χ3v) is 2.00. The molecule has 1 aromatic rings. The molecule has 48 valence electrons. The first-order chi connectivity index (χ1) is 4.38. The average molecular weight is 143 g/mol. The Morgan fingerprint density at radius 3 is 3.33 bits per heavy atom. The van der Waals surface area contributed by atoms with Crippen molar-refractivity contribution in [3.05, 3.63) is 16.9 Å². The van der Waals surface area contributed by atoms with Crippen molar-refractivity contribution >= 4 is 11.6 Å². The van der Waals surface area contributed by atoms with Crippen LogP contribution in [0.5, 0.6) is 0 Å². The monoisotopic (exact) mass is 142 g/mol. The molecule has 1 aromatic heterocycles. The van der Waals surface area contributed by atoms with Gasteiger partial charge in [-0.05, 0) is 12.8 Å². The van der Waals surface area contributed by atoms with Gasteiger partial charge >= 0.3 is 0 Å². The molecule has 0 bridgehead atoms. The SMILES string of the molecule is Clc1cnn2c1CCC2. The van der Waals surface area contributed by atoms with Crippen molar-refractivity contribution in [2.45, 2.75) is 19.4 Å². The predicted octanol–water partition coefficient (Wildman–Crippen LogP) is 1.48. The Morgan fingerprint density at radius 1 is 1.67 bits per heavy atom. The Morgan fingerprint density at radius 2 is 2.56 bits per heavy atom. The van der Waals surface area contributed by atoms with Gasteiger partial charge in [0.05, 0.1) is 16.9 Å². The second-order valence-electron chi connectivity index (χ2n) is 2.27. The number of nitrogens with zero attached hydrogens (tertiary/aromatic N) is 2. The Bertz CT molecular complexity index is 229. The molecule has 0 N–H and O–H groups in total. The van der Waals surface area contributed by atoms with Crippen LogP contribution in [0.15, 0.2) is 6.20 Å². The minimum absolute atomic E-state index is 0.826. The van der Waals surface area contributed by atoms with E-state index in [1.54, 1.807) is 6.20 Å². The van der Waals surface area contributed by atoms with Crippen molar-refractivity contribution in [2.75, 3.05) is 0 Å². The highest BCUT2D eigenvalue weighted by molar-refractivity contribution is 6.31. The fourth-order valence-corrected chi connectivity index (χ4v) is 1.46. The first-order valence-corrected chi connectivity index (χ1v) is 3.46. The normalized spacial score (nSPS) is 16.1. The van der Waals surface area contributed by atoms with Crippen molar-refractivity contribution < 1.29 is 0 Å². The van der Waals surface area contributed by atoms with Crippen LogP contribution in [0.25, 0.3) is 0 Å². The van der Waals surface area contributed by atoms with E-state index in [1.807, 2.05) is 4.68 Å². The number of aryl methyl sites for hydroxylation is 1. The van der Waals surface area contributed by atoms with E-state index in [1.165, 1.54) is 12.1 Å². The van der Waals surface area contributed by atoms with Gasteiger partial charge in [0, 0.05) is 6.54 Å². The summed E-state index contributed by atoms with van der Waals surface area (Å²) in [6.07, 6.45) is 4.01. The van der Waals surface area contributed by atoms with E-state index in [0.717, 1.165) is 18.0 Å². The van der Waals surface area contributed by atoms with Gasteiger partial charge in [-0.15, -0.1) is 0 Å². The van der Waals surface area contributed by atoms with Crippen LogP contribution in [0, 0.1) is 0 Å². The Hall–Kier alpha value is -0.500. The third-order valence-electron chi connectivity index (χ3n) is 1.68. The molecule has 9 heavy (non-hydrogen) atoms. The largest absolute Gasteiger partial charge is 0.268 e. The molecular formula is C6H7ClN2. The molecule has 2 rings (SSSR count). The summed E-state index contributed by atoms with van der Waals surface area (Å²) in [6, 6.07) is 0. The fraction of sp³-hybridized carbons (Fsp3) is 0.500. The van der Waals surface area contributed by atoms with E-state index in [9.17, 15) is 0 Å². The Balaban J connectivity index is 2.56. The maximum Gasteiger partial charge on any atom is 0.0817 e. The van der Waals surface area contributed by atoms with Crippen LogP contribution in [-0.2, 0) is 13.0 Å². The van der Waals surface area contributed by atoms with E-state index < -0.39 is 0 Å². The van der Waals surface area contributed by atoms with Gasteiger partial charge < -0.3 is 0 Å². The van der Waals surface area contributed by atoms with E-state index in [2.05, 4.69) is 5.10 Å². The van der Waals surface area contributed by atoms with Crippen LogP contribution in [0.3, 0.4) is 0 Å². The van der Waals surface area contributed by atoms with Crippen LogP contribution in [0.1, 0.15) is 12.1 Å². The Labute approximate surface area is 58.4 Å². The molecule has 0 atom stereocenters. The van der Waals surface area contributed by atoms with Crippen molar-refractivity contribution in [2.24, 2.45) is 0 Å². The lowest BCUT2D eigenvalue weighted by Crippen LogP contribution is -1.92. The first kappa shape index (κ1) is 5.30. The molecule has 0 amide bonds. The lowest BCUT2D eigenvalue weighted by Gasteiger charge is -1.89. The highest BCUT2D eigenvalue weighted by atomic mass is 35.5. The second-order valence-corrected chi connectivity index (χ2v) is 2.67. The van der Waals surface area contributed by atoms with Gasteiger partial charge in [0.2, 0.25) is 0 Å². The molecule has 0 aromatic carbocycles.